The van der Waals surface area contributed by atoms with Gasteiger partial charge in [0, 0.05) is 12.5 Å². The molecule has 3 atom stereocenters. The molecule has 1 saturated heterocycles. The normalized spacial score (nSPS) is 25.5. The van der Waals surface area contributed by atoms with Gasteiger partial charge in [-0.1, -0.05) is 30.7 Å². The standard InChI is InChI=1S/C16H21NO4S/c1-4-9-17-14(10-18)12(3)15(16(17)19)22(20,21)13-7-5-11(2)6-8-13/h4-8,12,14-15,18H,1,9-10H2,2-3H3/t12-,14-,15+/m0/s1. The molecule has 5 nitrogen and oxygen atoms in total. The van der Waals surface area contributed by atoms with Crippen LogP contribution in [0.4, 0.5) is 0 Å². The maximum Gasteiger partial charge on any atom is 0.242 e. The topological polar surface area (TPSA) is 74.7 Å². The van der Waals surface area contributed by atoms with Crippen molar-refractivity contribution in [1.29, 1.82) is 0 Å². The predicted octanol–water partition coefficient (Wildman–Crippen LogP) is 1.16. The number of aliphatic hydroxyl groups excluding tert-OH is 1. The van der Waals surface area contributed by atoms with E-state index in [0.717, 1.165) is 5.56 Å². The number of amides is 1. The Balaban J connectivity index is 2.44. The van der Waals surface area contributed by atoms with Crippen LogP contribution in [0, 0.1) is 12.8 Å². The average Bonchev–Trinajstić information content (AvgIpc) is 2.71. The van der Waals surface area contributed by atoms with E-state index in [1.807, 2.05) is 6.92 Å². The van der Waals surface area contributed by atoms with Gasteiger partial charge in [-0.05, 0) is 19.1 Å². The second kappa shape index (κ2) is 6.22. The van der Waals surface area contributed by atoms with Crippen LogP contribution in [0.25, 0.3) is 0 Å². The Morgan fingerprint density at radius 2 is 1.91 bits per heavy atom. The number of aryl methyl sites for hydroxylation is 1. The molecule has 22 heavy (non-hydrogen) atoms. The van der Waals surface area contributed by atoms with Gasteiger partial charge in [-0.2, -0.15) is 0 Å². The van der Waals surface area contributed by atoms with Crippen molar-refractivity contribution in [3.05, 3.63) is 42.5 Å². The van der Waals surface area contributed by atoms with Crippen molar-refractivity contribution in [2.45, 2.75) is 30.0 Å². The lowest BCUT2D eigenvalue weighted by molar-refractivity contribution is -0.128. The van der Waals surface area contributed by atoms with Crippen LogP contribution in [0.5, 0.6) is 0 Å². The molecule has 6 heteroatoms. The van der Waals surface area contributed by atoms with Crippen molar-refractivity contribution in [2.24, 2.45) is 5.92 Å². The number of hydrogen-bond acceptors (Lipinski definition) is 4. The van der Waals surface area contributed by atoms with E-state index < -0.39 is 33.0 Å². The van der Waals surface area contributed by atoms with E-state index in [9.17, 15) is 18.3 Å². The highest BCUT2D eigenvalue weighted by Gasteiger charge is 2.51. The largest absolute Gasteiger partial charge is 0.394 e. The zero-order valence-corrected chi connectivity index (χ0v) is 13.6. The Kier molecular flexibility index (Phi) is 4.72. The van der Waals surface area contributed by atoms with Crippen LogP contribution in [-0.4, -0.2) is 48.8 Å². The van der Waals surface area contributed by atoms with Crippen LogP contribution in [-0.2, 0) is 14.6 Å². The Labute approximate surface area is 131 Å². The number of rotatable bonds is 5. The van der Waals surface area contributed by atoms with Gasteiger partial charge in [0.25, 0.3) is 0 Å². The molecular weight excluding hydrogens is 302 g/mol. The summed E-state index contributed by atoms with van der Waals surface area (Å²) in [7, 11) is -3.78. The molecule has 1 fully saturated rings. The fourth-order valence-corrected chi connectivity index (χ4v) is 4.91. The first kappa shape index (κ1) is 16.7. The van der Waals surface area contributed by atoms with Gasteiger partial charge in [0.05, 0.1) is 17.5 Å². The van der Waals surface area contributed by atoms with E-state index in [4.69, 9.17) is 0 Å². The molecule has 1 aromatic carbocycles. The minimum absolute atomic E-state index is 0.139. The molecule has 1 aliphatic rings. The summed E-state index contributed by atoms with van der Waals surface area (Å²) >= 11 is 0. The fraction of sp³-hybridized carbons (Fsp3) is 0.438. The molecule has 1 amide bonds. The van der Waals surface area contributed by atoms with Crippen molar-refractivity contribution < 1.29 is 18.3 Å². The van der Waals surface area contributed by atoms with E-state index in [1.54, 1.807) is 19.1 Å². The third-order valence-electron chi connectivity index (χ3n) is 4.21. The van der Waals surface area contributed by atoms with Crippen LogP contribution in [0.3, 0.4) is 0 Å². The van der Waals surface area contributed by atoms with E-state index >= 15 is 0 Å². The molecule has 120 valence electrons. The smallest absolute Gasteiger partial charge is 0.242 e. The first-order chi connectivity index (χ1) is 10.3. The fourth-order valence-electron chi connectivity index (χ4n) is 2.96. The number of carbonyl (C=O) groups is 1. The van der Waals surface area contributed by atoms with Gasteiger partial charge in [-0.3, -0.25) is 4.79 Å². The summed E-state index contributed by atoms with van der Waals surface area (Å²) in [5, 5.41) is 8.36. The number of aliphatic hydroxyl groups is 1. The Bertz CT molecular complexity index is 666. The molecule has 0 spiro atoms. The third-order valence-corrected chi connectivity index (χ3v) is 6.44. The number of sulfone groups is 1. The molecule has 1 N–H and O–H groups in total. The van der Waals surface area contributed by atoms with Crippen molar-refractivity contribution in [3.63, 3.8) is 0 Å². The zero-order valence-electron chi connectivity index (χ0n) is 12.8. The van der Waals surface area contributed by atoms with Crippen LogP contribution >= 0.6 is 0 Å². The van der Waals surface area contributed by atoms with E-state index in [1.165, 1.54) is 23.1 Å². The lowest BCUT2D eigenvalue weighted by atomic mass is 10.0. The first-order valence-electron chi connectivity index (χ1n) is 7.17. The highest BCUT2D eigenvalue weighted by molar-refractivity contribution is 7.92. The molecule has 0 unspecified atom stereocenters. The SMILES string of the molecule is C=CCN1C(=O)[C@H](S(=O)(=O)c2ccc(C)cc2)[C@@H](C)[C@@H]1CO. The van der Waals surface area contributed by atoms with Crippen molar-refractivity contribution in [1.82, 2.24) is 4.90 Å². The monoisotopic (exact) mass is 323 g/mol. The van der Waals surface area contributed by atoms with E-state index in [0.29, 0.717) is 0 Å². The average molecular weight is 323 g/mol. The Morgan fingerprint density at radius 3 is 2.41 bits per heavy atom. The maximum absolute atomic E-state index is 12.8. The zero-order chi connectivity index (χ0) is 16.5. The van der Waals surface area contributed by atoms with Crippen LogP contribution in [0.2, 0.25) is 0 Å². The number of hydrogen-bond donors (Lipinski definition) is 1. The third kappa shape index (κ3) is 2.68. The molecule has 0 radical (unpaired) electrons. The summed E-state index contributed by atoms with van der Waals surface area (Å²) in [4.78, 5) is 14.1. The highest BCUT2D eigenvalue weighted by Crippen LogP contribution is 2.33. The number of benzene rings is 1. The van der Waals surface area contributed by atoms with Gasteiger partial charge in [0.2, 0.25) is 5.91 Å². The number of carbonyl (C=O) groups excluding carboxylic acids is 1. The van der Waals surface area contributed by atoms with Crippen molar-refractivity contribution >= 4 is 15.7 Å². The summed E-state index contributed by atoms with van der Waals surface area (Å²) in [5.41, 5.74) is 0.950. The number of likely N-dealkylation sites (tertiary alicyclic amines) is 1. The maximum atomic E-state index is 12.8. The molecular formula is C16H21NO4S. The van der Waals surface area contributed by atoms with Gasteiger partial charge >= 0.3 is 0 Å². The van der Waals surface area contributed by atoms with Crippen LogP contribution < -0.4 is 0 Å². The second-order valence-electron chi connectivity index (χ2n) is 5.67. The minimum atomic E-state index is -3.78. The van der Waals surface area contributed by atoms with Gasteiger partial charge in [-0.15, -0.1) is 6.58 Å². The minimum Gasteiger partial charge on any atom is -0.394 e. The van der Waals surface area contributed by atoms with Crippen molar-refractivity contribution in [3.8, 4) is 0 Å². The summed E-state index contributed by atoms with van der Waals surface area (Å²) < 4.78 is 25.6. The van der Waals surface area contributed by atoms with Crippen LogP contribution in [0.15, 0.2) is 41.8 Å². The second-order valence-corrected chi connectivity index (χ2v) is 7.74. The molecule has 1 heterocycles. The van der Waals surface area contributed by atoms with Crippen molar-refractivity contribution in [2.75, 3.05) is 13.2 Å². The summed E-state index contributed by atoms with van der Waals surface area (Å²) in [6.45, 7) is 7.11. The Hall–Kier alpha value is -1.66. The van der Waals surface area contributed by atoms with Gasteiger partial charge in [-0.25, -0.2) is 8.42 Å². The molecule has 1 aliphatic heterocycles. The number of nitrogens with zero attached hydrogens (tertiary/aromatic N) is 1. The molecule has 0 aromatic heterocycles. The molecule has 2 rings (SSSR count). The Morgan fingerprint density at radius 1 is 1.32 bits per heavy atom. The lowest BCUT2D eigenvalue weighted by Crippen LogP contribution is -2.38. The summed E-state index contributed by atoms with van der Waals surface area (Å²) in [5.74, 6) is -0.948. The van der Waals surface area contributed by atoms with Gasteiger partial charge in [0.1, 0.15) is 5.25 Å². The van der Waals surface area contributed by atoms with Crippen LogP contribution in [0.1, 0.15) is 12.5 Å². The van der Waals surface area contributed by atoms with Gasteiger partial charge < -0.3 is 10.0 Å². The lowest BCUT2D eigenvalue weighted by Gasteiger charge is -2.23. The molecule has 0 bridgehead atoms. The first-order valence-corrected chi connectivity index (χ1v) is 8.72. The van der Waals surface area contributed by atoms with Gasteiger partial charge in [0.15, 0.2) is 9.84 Å². The summed E-state index contributed by atoms with van der Waals surface area (Å²) in [6.07, 6.45) is 1.54. The predicted molar refractivity (Wildman–Crippen MR) is 84.1 cm³/mol. The molecule has 0 saturated carbocycles. The quantitative estimate of drug-likeness (QED) is 0.825. The summed E-state index contributed by atoms with van der Waals surface area (Å²) in [6, 6.07) is 5.96. The highest BCUT2D eigenvalue weighted by atomic mass is 32.2. The van der Waals surface area contributed by atoms with E-state index in [2.05, 4.69) is 6.58 Å². The molecule has 1 aromatic rings. The molecule has 0 aliphatic carbocycles. The van der Waals surface area contributed by atoms with E-state index in [-0.39, 0.29) is 18.0 Å².